The van der Waals surface area contributed by atoms with Crippen LogP contribution in [0.5, 0.6) is 0 Å². The summed E-state index contributed by atoms with van der Waals surface area (Å²) in [7, 11) is 0. The number of carbonyl (C=O) groups excluding carboxylic acids is 1. The number of nitrogens with zero attached hydrogens (tertiary/aromatic N) is 1. The van der Waals surface area contributed by atoms with Gasteiger partial charge in [-0.25, -0.2) is 4.57 Å². The molecule has 0 atom stereocenters. The standard InChI is InChI=1S/C12H17N2O/c1-2-8-13-12(15)7-6-11-14-9-4-3-5-10-14/h3-5,9-10H,1-2,6-8,11H2/p+1. The van der Waals surface area contributed by atoms with E-state index in [0.29, 0.717) is 13.0 Å². The van der Waals surface area contributed by atoms with Gasteiger partial charge in [0.1, 0.15) is 6.54 Å². The van der Waals surface area contributed by atoms with Gasteiger partial charge >= 0.3 is 0 Å². The molecule has 1 radical (unpaired) electrons. The van der Waals surface area contributed by atoms with E-state index >= 15 is 0 Å². The van der Waals surface area contributed by atoms with E-state index in [2.05, 4.69) is 16.8 Å². The molecule has 0 bridgehead atoms. The van der Waals surface area contributed by atoms with Gasteiger partial charge in [-0.15, -0.1) is 0 Å². The van der Waals surface area contributed by atoms with Crippen molar-refractivity contribution < 1.29 is 9.36 Å². The van der Waals surface area contributed by atoms with Gasteiger partial charge in [-0.05, 0) is 6.42 Å². The van der Waals surface area contributed by atoms with Crippen LogP contribution in [0.15, 0.2) is 30.6 Å². The molecule has 0 saturated carbocycles. The Morgan fingerprint density at radius 2 is 2.00 bits per heavy atom. The van der Waals surface area contributed by atoms with Crippen LogP contribution in [0.2, 0.25) is 0 Å². The van der Waals surface area contributed by atoms with Crippen LogP contribution >= 0.6 is 0 Å². The monoisotopic (exact) mass is 206 g/mol. The maximum absolute atomic E-state index is 11.2. The minimum atomic E-state index is 0.121. The molecule has 1 rings (SSSR count). The molecular weight excluding hydrogens is 188 g/mol. The van der Waals surface area contributed by atoms with Gasteiger partial charge < -0.3 is 5.32 Å². The van der Waals surface area contributed by atoms with E-state index in [1.165, 1.54) is 0 Å². The van der Waals surface area contributed by atoms with Crippen molar-refractivity contribution in [3.63, 3.8) is 0 Å². The third-order valence-electron chi connectivity index (χ3n) is 2.10. The molecule has 0 fully saturated rings. The van der Waals surface area contributed by atoms with Crippen molar-refractivity contribution in [1.82, 2.24) is 5.32 Å². The Morgan fingerprint density at radius 1 is 1.27 bits per heavy atom. The van der Waals surface area contributed by atoms with Crippen molar-refractivity contribution in [3.8, 4) is 0 Å². The molecule has 0 aliphatic carbocycles. The van der Waals surface area contributed by atoms with E-state index in [-0.39, 0.29) is 5.91 Å². The average molecular weight is 206 g/mol. The quantitative estimate of drug-likeness (QED) is 0.694. The maximum Gasteiger partial charge on any atom is 0.220 e. The fraction of sp³-hybridized carbons (Fsp3) is 0.417. The lowest BCUT2D eigenvalue weighted by molar-refractivity contribution is -0.697. The zero-order chi connectivity index (χ0) is 10.9. The Balaban J connectivity index is 2.14. The topological polar surface area (TPSA) is 33.0 Å². The number of hydrogen-bond donors (Lipinski definition) is 1. The zero-order valence-electron chi connectivity index (χ0n) is 8.98. The molecule has 3 heteroatoms. The molecular formula is C12H18N2O+. The molecule has 1 aromatic heterocycles. The SMILES string of the molecule is [CH2]CCNC(=O)CCC[n+]1ccccc1. The van der Waals surface area contributed by atoms with Gasteiger partial charge in [0, 0.05) is 31.5 Å². The Hall–Kier alpha value is -1.38. The Labute approximate surface area is 91.1 Å². The summed E-state index contributed by atoms with van der Waals surface area (Å²) in [5.41, 5.74) is 0. The van der Waals surface area contributed by atoms with Crippen LogP contribution in [-0.4, -0.2) is 12.5 Å². The van der Waals surface area contributed by atoms with Crippen molar-refractivity contribution >= 4 is 5.91 Å². The van der Waals surface area contributed by atoms with Crippen molar-refractivity contribution in [3.05, 3.63) is 37.5 Å². The van der Waals surface area contributed by atoms with Crippen LogP contribution in [0.1, 0.15) is 19.3 Å². The number of aromatic nitrogens is 1. The van der Waals surface area contributed by atoms with Crippen LogP contribution in [0, 0.1) is 6.92 Å². The summed E-state index contributed by atoms with van der Waals surface area (Å²) in [5.74, 6) is 0.121. The van der Waals surface area contributed by atoms with Crippen molar-refractivity contribution in [2.75, 3.05) is 6.54 Å². The number of rotatable bonds is 6. The second kappa shape index (κ2) is 6.98. The minimum absolute atomic E-state index is 0.121. The highest BCUT2D eigenvalue weighted by Gasteiger charge is 2.02. The molecule has 1 N–H and O–H groups in total. The summed E-state index contributed by atoms with van der Waals surface area (Å²) >= 11 is 0. The summed E-state index contributed by atoms with van der Waals surface area (Å²) in [4.78, 5) is 11.2. The van der Waals surface area contributed by atoms with Gasteiger partial charge in [0.15, 0.2) is 12.4 Å². The Bertz CT molecular complexity index is 285. The van der Waals surface area contributed by atoms with Gasteiger partial charge in [-0.3, -0.25) is 4.79 Å². The van der Waals surface area contributed by atoms with E-state index in [1.807, 2.05) is 30.6 Å². The van der Waals surface area contributed by atoms with Gasteiger partial charge in [0.2, 0.25) is 5.91 Å². The van der Waals surface area contributed by atoms with Gasteiger partial charge in [0.05, 0.1) is 0 Å². The average Bonchev–Trinajstić information content (AvgIpc) is 2.28. The van der Waals surface area contributed by atoms with Gasteiger partial charge in [-0.1, -0.05) is 13.0 Å². The molecule has 0 aromatic carbocycles. The fourth-order valence-corrected chi connectivity index (χ4v) is 1.32. The van der Waals surface area contributed by atoms with Crippen LogP contribution in [0.4, 0.5) is 0 Å². The molecule has 1 heterocycles. The van der Waals surface area contributed by atoms with Gasteiger partial charge in [-0.2, -0.15) is 0 Å². The third-order valence-corrected chi connectivity index (χ3v) is 2.10. The molecule has 0 spiro atoms. The zero-order valence-corrected chi connectivity index (χ0v) is 8.98. The summed E-state index contributed by atoms with van der Waals surface area (Å²) in [6.07, 6.45) is 6.22. The smallest absolute Gasteiger partial charge is 0.220 e. The maximum atomic E-state index is 11.2. The van der Waals surface area contributed by atoms with Crippen molar-refractivity contribution in [2.45, 2.75) is 25.8 Å². The summed E-state index contributed by atoms with van der Waals surface area (Å²) < 4.78 is 2.08. The van der Waals surface area contributed by atoms with Crippen LogP contribution < -0.4 is 9.88 Å². The number of pyridine rings is 1. The fourth-order valence-electron chi connectivity index (χ4n) is 1.32. The predicted molar refractivity (Wildman–Crippen MR) is 58.9 cm³/mol. The Kier molecular flexibility index (Phi) is 5.44. The highest BCUT2D eigenvalue weighted by molar-refractivity contribution is 5.75. The molecule has 81 valence electrons. The second-order valence-electron chi connectivity index (χ2n) is 3.42. The van der Waals surface area contributed by atoms with Gasteiger partial charge in [0.25, 0.3) is 0 Å². The summed E-state index contributed by atoms with van der Waals surface area (Å²) in [5, 5.41) is 2.81. The molecule has 0 saturated heterocycles. The second-order valence-corrected chi connectivity index (χ2v) is 3.42. The molecule has 1 aromatic rings. The highest BCUT2D eigenvalue weighted by Crippen LogP contribution is 1.89. The number of nitrogens with one attached hydrogen (secondary N) is 1. The van der Waals surface area contributed by atoms with Crippen molar-refractivity contribution in [1.29, 1.82) is 0 Å². The lowest BCUT2D eigenvalue weighted by atomic mass is 10.3. The predicted octanol–water partition coefficient (Wildman–Crippen LogP) is 1.09. The largest absolute Gasteiger partial charge is 0.356 e. The lowest BCUT2D eigenvalue weighted by Crippen LogP contribution is -2.33. The van der Waals surface area contributed by atoms with Crippen LogP contribution in [0.3, 0.4) is 0 Å². The van der Waals surface area contributed by atoms with E-state index in [1.54, 1.807) is 0 Å². The first-order valence-electron chi connectivity index (χ1n) is 5.33. The van der Waals surface area contributed by atoms with E-state index in [4.69, 9.17) is 0 Å². The van der Waals surface area contributed by atoms with Crippen molar-refractivity contribution in [2.24, 2.45) is 0 Å². The number of carbonyl (C=O) groups is 1. The molecule has 0 aliphatic rings. The minimum Gasteiger partial charge on any atom is -0.356 e. The molecule has 0 aliphatic heterocycles. The Morgan fingerprint density at radius 3 is 2.67 bits per heavy atom. The third kappa shape index (κ3) is 5.15. The summed E-state index contributed by atoms with van der Waals surface area (Å²) in [6, 6.07) is 5.96. The molecule has 3 nitrogen and oxygen atoms in total. The van der Waals surface area contributed by atoms with Crippen LogP contribution in [-0.2, 0) is 11.3 Å². The molecule has 0 unspecified atom stereocenters. The van der Waals surface area contributed by atoms with E-state index < -0.39 is 0 Å². The normalized spacial score (nSPS) is 9.93. The first-order chi connectivity index (χ1) is 7.33. The van der Waals surface area contributed by atoms with E-state index in [9.17, 15) is 4.79 Å². The summed E-state index contributed by atoms with van der Waals surface area (Å²) in [6.45, 7) is 5.23. The van der Waals surface area contributed by atoms with Crippen LogP contribution in [0.25, 0.3) is 0 Å². The lowest BCUT2D eigenvalue weighted by Gasteiger charge is -2.01. The van der Waals surface area contributed by atoms with E-state index in [0.717, 1.165) is 19.4 Å². The highest BCUT2D eigenvalue weighted by atomic mass is 16.1. The number of aryl methyl sites for hydroxylation is 1. The number of amides is 1. The molecule has 1 amide bonds. The first-order valence-corrected chi connectivity index (χ1v) is 5.33. The number of hydrogen-bond acceptors (Lipinski definition) is 1. The first kappa shape index (κ1) is 11.7. The molecule has 15 heavy (non-hydrogen) atoms.